The van der Waals surface area contributed by atoms with E-state index in [1.807, 2.05) is 29.2 Å². The summed E-state index contributed by atoms with van der Waals surface area (Å²) >= 11 is 0. The summed E-state index contributed by atoms with van der Waals surface area (Å²) in [5.74, 6) is 1.11. The lowest BCUT2D eigenvalue weighted by molar-refractivity contribution is -0.132. The highest BCUT2D eigenvalue weighted by Crippen LogP contribution is 2.29. The first-order chi connectivity index (χ1) is 12.6. The first-order valence-electron chi connectivity index (χ1n) is 9.18. The number of carbonyl (C=O) groups is 2. The third-order valence-electron chi connectivity index (χ3n) is 5.16. The van der Waals surface area contributed by atoms with Gasteiger partial charge in [-0.1, -0.05) is 12.1 Å². The van der Waals surface area contributed by atoms with Crippen LogP contribution in [-0.2, 0) is 9.59 Å². The zero-order chi connectivity index (χ0) is 18.5. The molecule has 2 amide bonds. The van der Waals surface area contributed by atoms with Gasteiger partial charge in [0.1, 0.15) is 5.75 Å². The van der Waals surface area contributed by atoms with Crippen molar-refractivity contribution in [1.29, 1.82) is 0 Å². The van der Waals surface area contributed by atoms with Crippen LogP contribution in [0.15, 0.2) is 24.3 Å². The number of carbonyl (C=O) groups excluding carboxylic acids is 2. The van der Waals surface area contributed by atoms with Crippen LogP contribution in [0, 0.1) is 0 Å². The van der Waals surface area contributed by atoms with Crippen molar-refractivity contribution in [2.75, 3.05) is 52.9 Å². The zero-order valence-electron chi connectivity index (χ0n) is 16.3. The molecule has 2 N–H and O–H groups in total. The molecule has 1 aromatic rings. The Bertz CT molecular complexity index is 639. The fourth-order valence-electron chi connectivity index (χ4n) is 3.82. The lowest BCUT2D eigenvalue weighted by Gasteiger charge is -2.29. The number of piperazine rings is 1. The van der Waals surface area contributed by atoms with Crippen molar-refractivity contribution >= 4 is 36.6 Å². The minimum absolute atomic E-state index is 0. The van der Waals surface area contributed by atoms with Gasteiger partial charge in [0.2, 0.25) is 11.8 Å². The van der Waals surface area contributed by atoms with Gasteiger partial charge in [0, 0.05) is 58.2 Å². The van der Waals surface area contributed by atoms with Crippen LogP contribution in [-0.4, -0.2) is 80.6 Å². The molecule has 0 radical (unpaired) electrons. The number of methoxy groups -OCH3 is 1. The third kappa shape index (κ3) is 6.24. The molecule has 7 nitrogen and oxygen atoms in total. The van der Waals surface area contributed by atoms with E-state index in [1.165, 1.54) is 0 Å². The number of amides is 2. The largest absolute Gasteiger partial charge is 0.497 e. The van der Waals surface area contributed by atoms with Crippen LogP contribution in [0.3, 0.4) is 0 Å². The molecule has 2 heterocycles. The summed E-state index contributed by atoms with van der Waals surface area (Å²) in [6.07, 6.45) is 0. The van der Waals surface area contributed by atoms with Crippen molar-refractivity contribution in [3.63, 3.8) is 0 Å². The standard InChI is InChI=1S/C19H28N4O3.2ClH/c1-14(24)21-18-12-22(13-19(25)23-9-7-20-8-10-23)11-17(18)15-3-5-16(26-2)6-4-15;;/h3-6,17-18,20H,7-13H2,1-2H3,(H,21,24);2*1H/t17-,18+;;/m0../s1. The molecule has 2 aliphatic rings. The molecule has 0 unspecified atom stereocenters. The Morgan fingerprint density at radius 1 is 1.14 bits per heavy atom. The van der Waals surface area contributed by atoms with Crippen molar-refractivity contribution < 1.29 is 14.3 Å². The topological polar surface area (TPSA) is 73.9 Å². The summed E-state index contributed by atoms with van der Waals surface area (Å²) in [5, 5.41) is 6.32. The minimum Gasteiger partial charge on any atom is -0.497 e. The third-order valence-corrected chi connectivity index (χ3v) is 5.16. The highest BCUT2D eigenvalue weighted by atomic mass is 35.5. The lowest BCUT2D eigenvalue weighted by atomic mass is 9.94. The highest BCUT2D eigenvalue weighted by molar-refractivity contribution is 5.85. The van der Waals surface area contributed by atoms with Gasteiger partial charge in [-0.05, 0) is 17.7 Å². The smallest absolute Gasteiger partial charge is 0.236 e. The molecule has 28 heavy (non-hydrogen) atoms. The van der Waals surface area contributed by atoms with E-state index in [0.29, 0.717) is 13.1 Å². The van der Waals surface area contributed by atoms with Crippen LogP contribution in [0.25, 0.3) is 0 Å². The molecule has 2 saturated heterocycles. The second-order valence-corrected chi connectivity index (χ2v) is 7.01. The van der Waals surface area contributed by atoms with Crippen LogP contribution < -0.4 is 15.4 Å². The second-order valence-electron chi connectivity index (χ2n) is 7.01. The van der Waals surface area contributed by atoms with Crippen molar-refractivity contribution in [2.45, 2.75) is 18.9 Å². The zero-order valence-corrected chi connectivity index (χ0v) is 18.0. The first kappa shape index (κ1) is 24.5. The first-order valence-corrected chi connectivity index (χ1v) is 9.18. The summed E-state index contributed by atoms with van der Waals surface area (Å²) in [6, 6.07) is 7.97. The van der Waals surface area contributed by atoms with Crippen LogP contribution in [0.1, 0.15) is 18.4 Å². The molecule has 0 saturated carbocycles. The minimum atomic E-state index is -0.0382. The van der Waals surface area contributed by atoms with Gasteiger partial charge in [0.25, 0.3) is 0 Å². The van der Waals surface area contributed by atoms with E-state index in [4.69, 9.17) is 4.74 Å². The number of nitrogens with one attached hydrogen (secondary N) is 2. The SMILES string of the molecule is COc1ccc([C@@H]2CN(CC(=O)N3CCNCC3)C[C@H]2NC(C)=O)cc1.Cl.Cl. The van der Waals surface area contributed by atoms with Gasteiger partial charge in [0.05, 0.1) is 13.7 Å². The Kier molecular flexibility index (Phi) is 10.0. The molecule has 158 valence electrons. The van der Waals surface area contributed by atoms with Gasteiger partial charge in [0.15, 0.2) is 0 Å². The Hall–Kier alpha value is -1.54. The van der Waals surface area contributed by atoms with E-state index in [2.05, 4.69) is 15.5 Å². The number of hydrogen-bond donors (Lipinski definition) is 2. The van der Waals surface area contributed by atoms with Gasteiger partial charge >= 0.3 is 0 Å². The fourth-order valence-corrected chi connectivity index (χ4v) is 3.82. The molecule has 3 rings (SSSR count). The summed E-state index contributed by atoms with van der Waals surface area (Å²) in [6.45, 7) is 6.64. The second kappa shape index (κ2) is 11.5. The number of halogens is 2. The Morgan fingerprint density at radius 2 is 1.79 bits per heavy atom. The summed E-state index contributed by atoms with van der Waals surface area (Å²) in [7, 11) is 1.65. The van der Waals surface area contributed by atoms with Gasteiger partial charge in [-0.3, -0.25) is 14.5 Å². The van der Waals surface area contributed by atoms with Crippen LogP contribution in [0.2, 0.25) is 0 Å². The molecule has 0 bridgehead atoms. The Morgan fingerprint density at radius 3 is 2.36 bits per heavy atom. The van der Waals surface area contributed by atoms with Gasteiger partial charge in [-0.2, -0.15) is 0 Å². The number of nitrogens with zero attached hydrogens (tertiary/aromatic N) is 2. The summed E-state index contributed by atoms with van der Waals surface area (Å²) < 4.78 is 5.23. The van der Waals surface area contributed by atoms with Crippen LogP contribution in [0.4, 0.5) is 0 Å². The number of hydrogen-bond acceptors (Lipinski definition) is 5. The van der Waals surface area contributed by atoms with E-state index < -0.39 is 0 Å². The Labute approximate surface area is 179 Å². The number of benzene rings is 1. The molecule has 2 fully saturated rings. The highest BCUT2D eigenvalue weighted by Gasteiger charge is 2.35. The van der Waals surface area contributed by atoms with Crippen molar-refractivity contribution in [2.24, 2.45) is 0 Å². The molecule has 9 heteroatoms. The van der Waals surface area contributed by atoms with Gasteiger partial charge < -0.3 is 20.3 Å². The molecular formula is C19H30Cl2N4O3. The number of likely N-dealkylation sites (tertiary alicyclic amines) is 1. The lowest BCUT2D eigenvalue weighted by Crippen LogP contribution is -2.49. The molecule has 0 aromatic heterocycles. The monoisotopic (exact) mass is 432 g/mol. The van der Waals surface area contributed by atoms with E-state index in [-0.39, 0.29) is 48.6 Å². The van der Waals surface area contributed by atoms with Crippen molar-refractivity contribution in [1.82, 2.24) is 20.4 Å². The maximum absolute atomic E-state index is 12.6. The maximum atomic E-state index is 12.6. The molecule has 2 atom stereocenters. The molecule has 0 aliphatic carbocycles. The molecule has 2 aliphatic heterocycles. The van der Waals surface area contributed by atoms with Crippen molar-refractivity contribution in [3.8, 4) is 5.75 Å². The molecule has 1 aromatic carbocycles. The average Bonchev–Trinajstić information content (AvgIpc) is 3.04. The predicted molar refractivity (Wildman–Crippen MR) is 114 cm³/mol. The maximum Gasteiger partial charge on any atom is 0.236 e. The van der Waals surface area contributed by atoms with E-state index >= 15 is 0 Å². The average molecular weight is 433 g/mol. The molecular weight excluding hydrogens is 403 g/mol. The Balaban J connectivity index is 0.00000196. The number of ether oxygens (including phenoxy) is 1. The summed E-state index contributed by atoms with van der Waals surface area (Å²) in [5.41, 5.74) is 1.15. The molecule has 0 spiro atoms. The number of rotatable bonds is 5. The van der Waals surface area contributed by atoms with Gasteiger partial charge in [-0.25, -0.2) is 0 Å². The summed E-state index contributed by atoms with van der Waals surface area (Å²) in [4.78, 5) is 28.3. The van der Waals surface area contributed by atoms with E-state index in [0.717, 1.165) is 44.0 Å². The normalized spacial score (nSPS) is 22.0. The fraction of sp³-hybridized carbons (Fsp3) is 0.579. The predicted octanol–water partition coefficient (Wildman–Crippen LogP) is 0.875. The van der Waals surface area contributed by atoms with Crippen molar-refractivity contribution in [3.05, 3.63) is 29.8 Å². The van der Waals surface area contributed by atoms with E-state index in [1.54, 1.807) is 14.0 Å². The van der Waals surface area contributed by atoms with Crippen LogP contribution >= 0.6 is 24.8 Å². The van der Waals surface area contributed by atoms with Crippen LogP contribution in [0.5, 0.6) is 5.75 Å². The van der Waals surface area contributed by atoms with Gasteiger partial charge in [-0.15, -0.1) is 24.8 Å². The quantitative estimate of drug-likeness (QED) is 0.721. The van der Waals surface area contributed by atoms with E-state index in [9.17, 15) is 9.59 Å².